The van der Waals surface area contributed by atoms with Crippen LogP contribution in [-0.4, -0.2) is 43.2 Å². The number of carbonyl (C=O) groups excluding carboxylic acids is 1. The second kappa shape index (κ2) is 8.68. The van der Waals surface area contributed by atoms with Gasteiger partial charge in [-0.05, 0) is 54.2 Å². The van der Waals surface area contributed by atoms with E-state index >= 15 is 0 Å². The van der Waals surface area contributed by atoms with Crippen molar-refractivity contribution in [2.45, 2.75) is 36.6 Å². The fourth-order valence-corrected chi connectivity index (χ4v) is 6.61. The Morgan fingerprint density at radius 3 is 2.22 bits per heavy atom. The number of hydrogen-bond donors (Lipinski definition) is 0. The molecule has 5 nitrogen and oxygen atoms in total. The Morgan fingerprint density at radius 1 is 0.781 bits per heavy atom. The van der Waals surface area contributed by atoms with Gasteiger partial charge in [0.25, 0.3) is 0 Å². The highest BCUT2D eigenvalue weighted by molar-refractivity contribution is 7.89. The van der Waals surface area contributed by atoms with Crippen LogP contribution in [0.3, 0.4) is 0 Å². The summed E-state index contributed by atoms with van der Waals surface area (Å²) in [5.41, 5.74) is 1.19. The molecule has 2 heterocycles. The molecule has 1 amide bonds. The third-order valence-corrected chi connectivity index (χ3v) is 8.78. The monoisotopic (exact) mass is 448 g/mol. The van der Waals surface area contributed by atoms with E-state index in [9.17, 15) is 13.2 Å². The van der Waals surface area contributed by atoms with Crippen LogP contribution in [-0.2, 0) is 14.8 Å². The van der Waals surface area contributed by atoms with E-state index in [1.54, 1.807) is 16.4 Å². The molecule has 0 bridgehead atoms. The number of fused-ring (bicyclic) bond motifs is 1. The van der Waals surface area contributed by atoms with Crippen LogP contribution < -0.4 is 0 Å². The minimum absolute atomic E-state index is 0.109. The second-order valence-corrected chi connectivity index (χ2v) is 10.7. The molecular formula is C26H28N2O3S. The molecule has 166 valence electrons. The Bertz CT molecular complexity index is 1220. The lowest BCUT2D eigenvalue weighted by molar-refractivity contribution is -0.137. The Kier molecular flexibility index (Phi) is 5.74. The number of nitrogens with zero attached hydrogens (tertiary/aromatic N) is 2. The Hall–Kier alpha value is -2.70. The number of benzene rings is 3. The summed E-state index contributed by atoms with van der Waals surface area (Å²) in [7, 11) is -3.57. The van der Waals surface area contributed by atoms with Crippen molar-refractivity contribution in [3.63, 3.8) is 0 Å². The third kappa shape index (κ3) is 3.93. The number of carbonyl (C=O) groups is 1. The zero-order valence-electron chi connectivity index (χ0n) is 18.1. The van der Waals surface area contributed by atoms with Crippen LogP contribution in [0, 0.1) is 5.92 Å². The van der Waals surface area contributed by atoms with Crippen LogP contribution >= 0.6 is 0 Å². The Morgan fingerprint density at radius 2 is 1.47 bits per heavy atom. The molecule has 2 aliphatic heterocycles. The van der Waals surface area contributed by atoms with Gasteiger partial charge in [0.2, 0.25) is 15.9 Å². The van der Waals surface area contributed by atoms with Gasteiger partial charge in [0.15, 0.2) is 0 Å². The fraction of sp³-hybridized carbons (Fsp3) is 0.346. The molecule has 2 aliphatic rings. The maximum Gasteiger partial charge on any atom is 0.243 e. The molecule has 6 heteroatoms. The van der Waals surface area contributed by atoms with Crippen molar-refractivity contribution in [2.75, 3.05) is 19.6 Å². The van der Waals surface area contributed by atoms with Crippen LogP contribution in [0.1, 0.15) is 37.3 Å². The van der Waals surface area contributed by atoms with Gasteiger partial charge in [-0.3, -0.25) is 4.79 Å². The first-order valence-electron chi connectivity index (χ1n) is 11.4. The summed E-state index contributed by atoms with van der Waals surface area (Å²) in [4.78, 5) is 15.7. The van der Waals surface area contributed by atoms with E-state index in [1.165, 1.54) is 5.56 Å². The molecular weight excluding hydrogens is 420 g/mol. The standard InChI is InChI=1S/C26H28N2O3S/c29-26(28-16-6-11-25(28)21-8-2-1-3-9-21)22-14-17-27(18-15-22)32(30,31)24-13-12-20-7-4-5-10-23(20)19-24/h1-5,7-10,12-13,19,22,25H,6,11,14-18H2. The zero-order valence-corrected chi connectivity index (χ0v) is 18.9. The SMILES string of the molecule is O=C(C1CCN(S(=O)(=O)c2ccc3ccccc3c2)CC1)N1CCCC1c1ccccc1. The third-order valence-electron chi connectivity index (χ3n) is 6.88. The molecule has 2 saturated heterocycles. The van der Waals surface area contributed by atoms with Crippen molar-refractivity contribution < 1.29 is 13.2 Å². The molecule has 0 saturated carbocycles. The van der Waals surface area contributed by atoms with Crippen molar-refractivity contribution in [2.24, 2.45) is 5.92 Å². The molecule has 32 heavy (non-hydrogen) atoms. The maximum atomic E-state index is 13.3. The van der Waals surface area contributed by atoms with Gasteiger partial charge in [0, 0.05) is 25.6 Å². The van der Waals surface area contributed by atoms with Crippen LogP contribution in [0.25, 0.3) is 10.8 Å². The smallest absolute Gasteiger partial charge is 0.243 e. The van der Waals surface area contributed by atoms with Crippen LogP contribution in [0.2, 0.25) is 0 Å². The van der Waals surface area contributed by atoms with E-state index in [0.717, 1.165) is 30.2 Å². The van der Waals surface area contributed by atoms with Crippen molar-refractivity contribution in [1.82, 2.24) is 9.21 Å². The predicted octanol–water partition coefficient (Wildman–Crippen LogP) is 4.60. The van der Waals surface area contributed by atoms with Crippen molar-refractivity contribution >= 4 is 26.7 Å². The normalized spacial score (nSPS) is 20.6. The Labute approximate surface area is 189 Å². The zero-order chi connectivity index (χ0) is 22.1. The molecule has 3 aromatic rings. The summed E-state index contributed by atoms with van der Waals surface area (Å²) >= 11 is 0. The number of sulfonamides is 1. The molecule has 2 fully saturated rings. The molecule has 3 aromatic carbocycles. The highest BCUT2D eigenvalue weighted by Crippen LogP contribution is 2.35. The minimum atomic E-state index is -3.57. The van der Waals surface area contributed by atoms with Crippen molar-refractivity contribution in [1.29, 1.82) is 0 Å². The topological polar surface area (TPSA) is 57.7 Å². The molecule has 5 rings (SSSR count). The van der Waals surface area contributed by atoms with Crippen LogP contribution in [0.4, 0.5) is 0 Å². The van der Waals surface area contributed by atoms with Gasteiger partial charge >= 0.3 is 0 Å². The lowest BCUT2D eigenvalue weighted by Crippen LogP contribution is -2.44. The van der Waals surface area contributed by atoms with E-state index in [4.69, 9.17) is 0 Å². The van der Waals surface area contributed by atoms with Gasteiger partial charge < -0.3 is 4.90 Å². The maximum absolute atomic E-state index is 13.3. The first-order valence-corrected chi connectivity index (χ1v) is 12.8. The highest BCUT2D eigenvalue weighted by Gasteiger charge is 2.37. The fourth-order valence-electron chi connectivity index (χ4n) is 5.11. The lowest BCUT2D eigenvalue weighted by Gasteiger charge is -2.34. The number of piperidine rings is 1. The largest absolute Gasteiger partial charge is 0.335 e. The summed E-state index contributed by atoms with van der Waals surface area (Å²) in [6.45, 7) is 1.55. The van der Waals surface area contributed by atoms with E-state index in [1.807, 2.05) is 53.4 Å². The molecule has 0 spiro atoms. The number of likely N-dealkylation sites (tertiary alicyclic amines) is 1. The van der Waals surface area contributed by atoms with Crippen LogP contribution in [0.5, 0.6) is 0 Å². The summed E-state index contributed by atoms with van der Waals surface area (Å²) in [5, 5.41) is 1.94. The predicted molar refractivity (Wildman–Crippen MR) is 126 cm³/mol. The number of hydrogen-bond acceptors (Lipinski definition) is 3. The van der Waals surface area contributed by atoms with Gasteiger partial charge in [-0.1, -0.05) is 60.7 Å². The average molecular weight is 449 g/mol. The first kappa shape index (κ1) is 21.2. The van der Waals surface area contributed by atoms with E-state index in [2.05, 4.69) is 12.1 Å². The van der Waals surface area contributed by atoms with Gasteiger partial charge in [-0.25, -0.2) is 8.42 Å². The van der Waals surface area contributed by atoms with Gasteiger partial charge in [-0.15, -0.1) is 0 Å². The summed E-state index contributed by atoms with van der Waals surface area (Å²) in [5.74, 6) is 0.0708. The van der Waals surface area contributed by atoms with E-state index in [0.29, 0.717) is 30.8 Å². The van der Waals surface area contributed by atoms with E-state index < -0.39 is 10.0 Å². The highest BCUT2D eigenvalue weighted by atomic mass is 32.2. The quantitative estimate of drug-likeness (QED) is 0.586. The molecule has 0 N–H and O–H groups in total. The summed E-state index contributed by atoms with van der Waals surface area (Å²) < 4.78 is 28.0. The van der Waals surface area contributed by atoms with Gasteiger partial charge in [0.1, 0.15) is 0 Å². The van der Waals surface area contributed by atoms with Gasteiger partial charge in [-0.2, -0.15) is 4.31 Å². The molecule has 1 atom stereocenters. The van der Waals surface area contributed by atoms with Gasteiger partial charge in [0.05, 0.1) is 10.9 Å². The lowest BCUT2D eigenvalue weighted by atomic mass is 9.95. The summed E-state index contributed by atoms with van der Waals surface area (Å²) in [6.07, 6.45) is 3.15. The first-order chi connectivity index (χ1) is 15.5. The van der Waals surface area contributed by atoms with Crippen LogP contribution in [0.15, 0.2) is 77.7 Å². The average Bonchev–Trinajstić information content (AvgIpc) is 3.34. The van der Waals surface area contributed by atoms with E-state index in [-0.39, 0.29) is 17.9 Å². The number of amides is 1. The number of rotatable bonds is 4. The molecule has 0 radical (unpaired) electrons. The minimum Gasteiger partial charge on any atom is -0.335 e. The van der Waals surface area contributed by atoms with Crippen molar-refractivity contribution in [3.05, 3.63) is 78.4 Å². The second-order valence-electron chi connectivity index (χ2n) is 8.79. The van der Waals surface area contributed by atoms with Crippen molar-refractivity contribution in [3.8, 4) is 0 Å². The molecule has 0 aliphatic carbocycles. The summed E-state index contributed by atoms with van der Waals surface area (Å²) in [6, 6.07) is 23.4. The molecule has 0 aromatic heterocycles. The molecule has 1 unspecified atom stereocenters. The Balaban J connectivity index is 1.27.